The highest BCUT2D eigenvalue weighted by atomic mass is 127. The highest BCUT2D eigenvalue weighted by Gasteiger charge is 2.26. The van der Waals surface area contributed by atoms with Crippen LogP contribution in [0, 0.1) is 15.3 Å². The Kier molecular flexibility index (Phi) is 6.11. The molecule has 0 spiro atoms. The quantitative estimate of drug-likeness (QED) is 0.713. The zero-order valence-electron chi connectivity index (χ0n) is 13.9. The lowest BCUT2D eigenvalue weighted by Gasteiger charge is -2.33. The van der Waals surface area contributed by atoms with Crippen LogP contribution in [0.4, 0.5) is 14.9 Å². The minimum Gasteiger partial charge on any atom is -0.444 e. The van der Waals surface area contributed by atoms with Gasteiger partial charge < -0.3 is 15.0 Å². The zero-order valence-corrected chi connectivity index (χ0v) is 16.0. The third kappa shape index (κ3) is 5.82. The first kappa shape index (κ1) is 18.3. The summed E-state index contributed by atoms with van der Waals surface area (Å²) in [7, 11) is 0. The maximum atomic E-state index is 13.1. The Bertz CT molecular complexity index is 552. The molecule has 0 aliphatic carbocycles. The fraction of sp³-hybridized carbons (Fsp3) is 0.588. The molecule has 1 aromatic rings. The van der Waals surface area contributed by atoms with Gasteiger partial charge in [-0.05, 0) is 80.3 Å². The van der Waals surface area contributed by atoms with Crippen molar-refractivity contribution in [3.05, 3.63) is 27.6 Å². The number of anilines is 1. The summed E-state index contributed by atoms with van der Waals surface area (Å²) in [4.78, 5) is 13.8. The fourth-order valence-corrected chi connectivity index (χ4v) is 3.20. The zero-order chi connectivity index (χ0) is 17.0. The Morgan fingerprint density at radius 1 is 1.39 bits per heavy atom. The van der Waals surface area contributed by atoms with Crippen LogP contribution in [0.25, 0.3) is 0 Å². The second-order valence-electron chi connectivity index (χ2n) is 6.92. The van der Waals surface area contributed by atoms with Crippen molar-refractivity contribution in [3.63, 3.8) is 0 Å². The first-order valence-electron chi connectivity index (χ1n) is 7.91. The lowest BCUT2D eigenvalue weighted by atomic mass is 9.97. The van der Waals surface area contributed by atoms with E-state index in [0.717, 1.165) is 41.7 Å². The van der Waals surface area contributed by atoms with E-state index in [-0.39, 0.29) is 11.9 Å². The van der Waals surface area contributed by atoms with Crippen LogP contribution < -0.4 is 5.32 Å². The van der Waals surface area contributed by atoms with E-state index in [1.165, 1.54) is 12.1 Å². The number of benzene rings is 1. The van der Waals surface area contributed by atoms with Crippen LogP contribution in [-0.4, -0.2) is 36.2 Å². The molecule has 0 saturated carbocycles. The van der Waals surface area contributed by atoms with Gasteiger partial charge in [0.25, 0.3) is 0 Å². The normalized spacial score (nSPS) is 16.3. The average Bonchev–Trinajstić information content (AvgIpc) is 2.45. The first-order valence-corrected chi connectivity index (χ1v) is 8.99. The predicted octanol–water partition coefficient (Wildman–Crippen LogP) is 4.49. The van der Waals surface area contributed by atoms with Crippen molar-refractivity contribution < 1.29 is 13.9 Å². The number of piperidine rings is 1. The third-order valence-corrected chi connectivity index (χ3v) is 4.67. The van der Waals surface area contributed by atoms with E-state index in [1.54, 1.807) is 11.0 Å². The van der Waals surface area contributed by atoms with Crippen LogP contribution >= 0.6 is 22.6 Å². The van der Waals surface area contributed by atoms with E-state index in [4.69, 9.17) is 4.74 Å². The molecular weight excluding hydrogens is 410 g/mol. The molecule has 1 amide bonds. The molecule has 6 heteroatoms. The fourth-order valence-electron chi connectivity index (χ4n) is 2.53. The van der Waals surface area contributed by atoms with Crippen LogP contribution in [0.1, 0.15) is 33.6 Å². The van der Waals surface area contributed by atoms with Crippen molar-refractivity contribution in [1.82, 2.24) is 4.90 Å². The van der Waals surface area contributed by atoms with Gasteiger partial charge in [0.05, 0.1) is 0 Å². The van der Waals surface area contributed by atoms with E-state index >= 15 is 0 Å². The third-order valence-electron chi connectivity index (χ3n) is 3.78. The maximum absolute atomic E-state index is 13.1. The predicted molar refractivity (Wildman–Crippen MR) is 98.1 cm³/mol. The number of nitrogens with one attached hydrogen (secondary N) is 1. The minimum absolute atomic E-state index is 0.217. The minimum atomic E-state index is -0.450. The van der Waals surface area contributed by atoms with Crippen molar-refractivity contribution in [1.29, 1.82) is 0 Å². The molecule has 1 fully saturated rings. The molecule has 0 aromatic heterocycles. The lowest BCUT2D eigenvalue weighted by Crippen LogP contribution is -2.42. The molecular formula is C17H24FIN2O2. The number of ether oxygens (including phenoxy) is 1. The van der Waals surface area contributed by atoms with Gasteiger partial charge in [-0.15, -0.1) is 0 Å². The van der Waals surface area contributed by atoms with Crippen molar-refractivity contribution in [2.45, 2.75) is 39.2 Å². The second kappa shape index (κ2) is 7.68. The number of amides is 1. The van der Waals surface area contributed by atoms with Crippen LogP contribution in [-0.2, 0) is 4.74 Å². The summed E-state index contributed by atoms with van der Waals surface area (Å²) in [5.41, 5.74) is 0.510. The number of halogens is 2. The Morgan fingerprint density at radius 3 is 2.61 bits per heavy atom. The monoisotopic (exact) mass is 434 g/mol. The Hall–Kier alpha value is -1.05. The molecule has 0 atom stereocenters. The first-order chi connectivity index (χ1) is 10.7. The molecule has 128 valence electrons. The summed E-state index contributed by atoms with van der Waals surface area (Å²) in [5.74, 6) is 0.292. The summed E-state index contributed by atoms with van der Waals surface area (Å²) in [5, 5.41) is 3.38. The largest absolute Gasteiger partial charge is 0.444 e. The van der Waals surface area contributed by atoms with Crippen LogP contribution in [0.2, 0.25) is 0 Å². The number of carbonyl (C=O) groups is 1. The number of rotatable bonds is 3. The van der Waals surface area contributed by atoms with Crippen molar-refractivity contribution in [2.75, 3.05) is 25.0 Å². The van der Waals surface area contributed by atoms with Crippen molar-refractivity contribution in [2.24, 2.45) is 5.92 Å². The van der Waals surface area contributed by atoms with Gasteiger partial charge in [0.1, 0.15) is 11.4 Å². The number of hydrogen-bond donors (Lipinski definition) is 1. The van der Waals surface area contributed by atoms with Gasteiger partial charge >= 0.3 is 6.09 Å². The van der Waals surface area contributed by atoms with E-state index in [9.17, 15) is 9.18 Å². The molecule has 4 nitrogen and oxygen atoms in total. The van der Waals surface area contributed by atoms with Crippen molar-refractivity contribution >= 4 is 34.4 Å². The highest BCUT2D eigenvalue weighted by molar-refractivity contribution is 14.1. The Balaban J connectivity index is 1.77. The molecule has 23 heavy (non-hydrogen) atoms. The van der Waals surface area contributed by atoms with Crippen LogP contribution in [0.5, 0.6) is 0 Å². The smallest absolute Gasteiger partial charge is 0.410 e. The van der Waals surface area contributed by atoms with Crippen LogP contribution in [0.3, 0.4) is 0 Å². The summed E-state index contributed by atoms with van der Waals surface area (Å²) in [6.07, 6.45) is 1.67. The summed E-state index contributed by atoms with van der Waals surface area (Å²) >= 11 is 2.13. The Morgan fingerprint density at radius 2 is 2.04 bits per heavy atom. The van der Waals surface area contributed by atoms with Gasteiger partial charge in [0, 0.05) is 28.9 Å². The summed E-state index contributed by atoms with van der Waals surface area (Å²) in [6, 6.07) is 4.76. The molecule has 2 rings (SSSR count). The maximum Gasteiger partial charge on any atom is 0.410 e. The van der Waals surface area contributed by atoms with Gasteiger partial charge in [0.2, 0.25) is 0 Å². The molecule has 1 N–H and O–H groups in total. The number of likely N-dealkylation sites (tertiary alicyclic amines) is 1. The molecule has 0 radical (unpaired) electrons. The van der Waals surface area contributed by atoms with Crippen molar-refractivity contribution in [3.8, 4) is 0 Å². The molecule has 1 aromatic carbocycles. The van der Waals surface area contributed by atoms with Gasteiger partial charge in [-0.1, -0.05) is 0 Å². The second-order valence-corrected chi connectivity index (χ2v) is 8.08. The number of hydrogen-bond acceptors (Lipinski definition) is 3. The van der Waals surface area contributed by atoms with E-state index in [2.05, 4.69) is 27.9 Å². The SMILES string of the molecule is CC(C)(C)OC(=O)N1CCC(CNc2ccc(F)cc2I)CC1. The van der Waals surface area contributed by atoms with Gasteiger partial charge in [-0.3, -0.25) is 0 Å². The molecule has 0 unspecified atom stereocenters. The molecule has 1 saturated heterocycles. The molecule has 1 heterocycles. The highest BCUT2D eigenvalue weighted by Crippen LogP contribution is 2.23. The number of nitrogens with zero attached hydrogens (tertiary/aromatic N) is 1. The molecule has 0 bridgehead atoms. The van der Waals surface area contributed by atoms with Gasteiger partial charge in [-0.25, -0.2) is 9.18 Å². The number of carbonyl (C=O) groups excluding carboxylic acids is 1. The average molecular weight is 434 g/mol. The van der Waals surface area contributed by atoms with Gasteiger partial charge in [0.15, 0.2) is 0 Å². The topological polar surface area (TPSA) is 41.6 Å². The van der Waals surface area contributed by atoms with Gasteiger partial charge in [-0.2, -0.15) is 0 Å². The van der Waals surface area contributed by atoms with E-state index in [1.807, 2.05) is 20.8 Å². The molecule has 1 aliphatic rings. The van der Waals surface area contributed by atoms with E-state index in [0.29, 0.717) is 5.92 Å². The summed E-state index contributed by atoms with van der Waals surface area (Å²) in [6.45, 7) is 7.93. The summed E-state index contributed by atoms with van der Waals surface area (Å²) < 4.78 is 19.4. The standard InChI is InChI=1S/C17H24FIN2O2/c1-17(2,3)23-16(22)21-8-6-12(7-9-21)11-20-15-5-4-13(18)10-14(15)19/h4-5,10,12,20H,6-9,11H2,1-3H3. The Labute approximate surface area is 150 Å². The lowest BCUT2D eigenvalue weighted by molar-refractivity contribution is 0.0188. The van der Waals surface area contributed by atoms with E-state index < -0.39 is 5.60 Å². The van der Waals surface area contributed by atoms with Crippen LogP contribution in [0.15, 0.2) is 18.2 Å². The molecule has 1 aliphatic heterocycles.